The zero-order valence-corrected chi connectivity index (χ0v) is 13.4. The molecule has 5 rings (SSSR count). The van der Waals surface area contributed by atoms with Crippen molar-refractivity contribution in [1.29, 1.82) is 0 Å². The Morgan fingerprint density at radius 1 is 1.20 bits per heavy atom. The normalized spacial score (nSPS) is 23.3. The molecule has 0 amide bonds. The van der Waals surface area contributed by atoms with Crippen LogP contribution in [0, 0.1) is 0 Å². The van der Waals surface area contributed by atoms with E-state index in [1.807, 2.05) is 25.1 Å². The number of hydrogen-bond acceptors (Lipinski definition) is 6. The molecule has 2 unspecified atom stereocenters. The van der Waals surface area contributed by atoms with Crippen LogP contribution in [-0.2, 0) is 16.9 Å². The zero-order valence-electron chi connectivity index (χ0n) is 13.4. The lowest BCUT2D eigenvalue weighted by atomic mass is 9.87. The van der Waals surface area contributed by atoms with Crippen LogP contribution in [0.4, 0.5) is 0 Å². The predicted molar refractivity (Wildman–Crippen MR) is 86.9 cm³/mol. The van der Waals surface area contributed by atoms with Crippen molar-refractivity contribution < 1.29 is 19.4 Å². The molecule has 126 valence electrons. The fourth-order valence-corrected chi connectivity index (χ4v) is 3.71. The van der Waals surface area contributed by atoms with E-state index in [0.717, 1.165) is 0 Å². The maximum Gasteiger partial charge on any atom is 0.201 e. The van der Waals surface area contributed by atoms with Crippen LogP contribution in [0.25, 0.3) is 11.5 Å². The van der Waals surface area contributed by atoms with Crippen molar-refractivity contribution in [2.45, 2.75) is 25.2 Å². The van der Waals surface area contributed by atoms with Gasteiger partial charge in [-0.3, -0.25) is 4.57 Å². The second kappa shape index (κ2) is 4.73. The van der Waals surface area contributed by atoms with Gasteiger partial charge in [-0.2, -0.15) is 5.10 Å². The molecular formula is C18H15N3O4. The van der Waals surface area contributed by atoms with Gasteiger partial charge in [-0.05, 0) is 37.3 Å². The van der Waals surface area contributed by atoms with Crippen molar-refractivity contribution in [3.05, 3.63) is 59.5 Å². The van der Waals surface area contributed by atoms with E-state index in [0.29, 0.717) is 34.8 Å². The predicted octanol–water partition coefficient (Wildman–Crippen LogP) is 2.85. The fourth-order valence-electron chi connectivity index (χ4n) is 3.71. The molecule has 2 aliphatic rings. The Kier molecular flexibility index (Phi) is 2.71. The van der Waals surface area contributed by atoms with Crippen LogP contribution in [0.3, 0.4) is 0 Å². The monoisotopic (exact) mass is 337 g/mol. The maximum absolute atomic E-state index is 10.6. The molecule has 2 N–H and O–H groups in total. The summed E-state index contributed by atoms with van der Waals surface area (Å²) < 4.78 is 12.9. The number of aromatic nitrogens is 3. The van der Waals surface area contributed by atoms with Gasteiger partial charge in [0.1, 0.15) is 17.5 Å². The van der Waals surface area contributed by atoms with Gasteiger partial charge < -0.3 is 19.4 Å². The molecule has 2 bridgehead atoms. The Labute approximate surface area is 142 Å². The minimum atomic E-state index is -1.03. The van der Waals surface area contributed by atoms with E-state index >= 15 is 0 Å². The first-order chi connectivity index (χ1) is 12.2. The molecule has 0 aliphatic carbocycles. The molecule has 3 aromatic rings. The second-order valence-corrected chi connectivity index (χ2v) is 6.09. The molecule has 0 aromatic carbocycles. The second-order valence-electron chi connectivity index (χ2n) is 6.09. The molecule has 5 heterocycles. The van der Waals surface area contributed by atoms with E-state index in [-0.39, 0.29) is 11.8 Å². The summed E-state index contributed by atoms with van der Waals surface area (Å²) in [7, 11) is 0. The van der Waals surface area contributed by atoms with Gasteiger partial charge in [-0.15, -0.1) is 5.10 Å². The van der Waals surface area contributed by atoms with E-state index in [1.54, 1.807) is 24.5 Å². The average molecular weight is 337 g/mol. The molecule has 7 heteroatoms. The van der Waals surface area contributed by atoms with E-state index in [2.05, 4.69) is 10.2 Å². The highest BCUT2D eigenvalue weighted by Crippen LogP contribution is 2.59. The van der Waals surface area contributed by atoms with Gasteiger partial charge in [0.25, 0.3) is 0 Å². The van der Waals surface area contributed by atoms with Crippen LogP contribution in [0.1, 0.15) is 29.8 Å². The van der Waals surface area contributed by atoms with Crippen LogP contribution >= 0.6 is 0 Å². The van der Waals surface area contributed by atoms with Gasteiger partial charge in [-0.1, -0.05) is 6.08 Å². The lowest BCUT2D eigenvalue weighted by Gasteiger charge is -2.23. The molecule has 0 saturated heterocycles. The number of ether oxygens (including phenoxy) is 1. The van der Waals surface area contributed by atoms with Gasteiger partial charge in [0, 0.05) is 6.54 Å². The zero-order chi connectivity index (χ0) is 17.2. The summed E-state index contributed by atoms with van der Waals surface area (Å²) >= 11 is 0. The van der Waals surface area contributed by atoms with Crippen molar-refractivity contribution in [2.75, 3.05) is 0 Å². The third-order valence-electron chi connectivity index (χ3n) is 4.85. The van der Waals surface area contributed by atoms with Crippen molar-refractivity contribution in [1.82, 2.24) is 14.8 Å². The Bertz CT molecular complexity index is 989. The van der Waals surface area contributed by atoms with E-state index < -0.39 is 11.7 Å². The smallest absolute Gasteiger partial charge is 0.201 e. The van der Waals surface area contributed by atoms with Gasteiger partial charge in [0.15, 0.2) is 11.4 Å². The number of hydrogen-bond donors (Lipinski definition) is 2. The first-order valence-corrected chi connectivity index (χ1v) is 8.05. The van der Waals surface area contributed by atoms with Crippen LogP contribution in [0.5, 0.6) is 11.8 Å². The molecule has 2 aliphatic heterocycles. The number of furan rings is 1. The minimum absolute atomic E-state index is 0.00115. The molecule has 2 atom stereocenters. The topological polar surface area (TPSA) is 93.5 Å². The van der Waals surface area contributed by atoms with Crippen molar-refractivity contribution in [3.8, 4) is 23.2 Å². The average Bonchev–Trinajstić information content (AvgIpc) is 3.39. The Hall–Kier alpha value is -3.06. The fraction of sp³-hybridized carbons (Fsp3) is 0.222. The Morgan fingerprint density at radius 3 is 2.76 bits per heavy atom. The number of aromatic hydroxyl groups is 2. The SMILES string of the molecule is CCn1c(O)c2c(c1O)C1(c3ccc(-c4ccco4)nn3)C=CC2O1. The lowest BCUT2D eigenvalue weighted by molar-refractivity contribution is 0.0203. The van der Waals surface area contributed by atoms with E-state index in [4.69, 9.17) is 9.15 Å². The Morgan fingerprint density at radius 2 is 2.08 bits per heavy atom. The first-order valence-electron chi connectivity index (χ1n) is 8.05. The molecule has 25 heavy (non-hydrogen) atoms. The Balaban J connectivity index is 1.65. The van der Waals surface area contributed by atoms with E-state index in [9.17, 15) is 10.2 Å². The van der Waals surface area contributed by atoms with Crippen LogP contribution < -0.4 is 0 Å². The molecule has 3 aromatic heterocycles. The first kappa shape index (κ1) is 14.3. The molecule has 0 radical (unpaired) electrons. The largest absolute Gasteiger partial charge is 0.494 e. The van der Waals surface area contributed by atoms with Crippen LogP contribution in [-0.4, -0.2) is 25.0 Å². The summed E-state index contributed by atoms with van der Waals surface area (Å²) in [6, 6.07) is 7.19. The van der Waals surface area contributed by atoms with Crippen molar-refractivity contribution in [3.63, 3.8) is 0 Å². The summed E-state index contributed by atoms with van der Waals surface area (Å²) in [6.45, 7) is 2.31. The number of nitrogens with zero attached hydrogens (tertiary/aromatic N) is 3. The third kappa shape index (κ3) is 1.68. The van der Waals surface area contributed by atoms with Crippen molar-refractivity contribution in [2.24, 2.45) is 0 Å². The lowest BCUT2D eigenvalue weighted by Crippen LogP contribution is -2.24. The number of rotatable bonds is 3. The summed E-state index contributed by atoms with van der Waals surface area (Å²) in [6.07, 6.45) is 4.90. The van der Waals surface area contributed by atoms with E-state index in [1.165, 1.54) is 4.57 Å². The van der Waals surface area contributed by atoms with Gasteiger partial charge in [-0.25, -0.2) is 0 Å². The van der Waals surface area contributed by atoms with Gasteiger partial charge in [0.05, 0.1) is 17.4 Å². The maximum atomic E-state index is 10.6. The molecule has 7 nitrogen and oxygen atoms in total. The minimum Gasteiger partial charge on any atom is -0.494 e. The molecule has 0 saturated carbocycles. The summed E-state index contributed by atoms with van der Waals surface area (Å²) in [5.41, 5.74) is 1.26. The molecule has 0 spiro atoms. The quantitative estimate of drug-likeness (QED) is 0.714. The van der Waals surface area contributed by atoms with Gasteiger partial charge >= 0.3 is 0 Å². The highest BCUT2D eigenvalue weighted by atomic mass is 16.5. The number of fused-ring (bicyclic) bond motifs is 5. The highest BCUT2D eigenvalue weighted by molar-refractivity contribution is 5.62. The summed E-state index contributed by atoms with van der Waals surface area (Å²) in [4.78, 5) is 0. The van der Waals surface area contributed by atoms with Crippen LogP contribution in [0.15, 0.2) is 47.1 Å². The standard InChI is InChI=1S/C18H15N3O4/c1-2-21-16(22)14-12-7-8-18(25-12,15(14)17(21)23)13-6-5-10(19-20-13)11-4-3-9-24-11/h3-9,12,22-23H,2H2,1H3. The molecule has 0 fully saturated rings. The molecular weight excluding hydrogens is 322 g/mol. The summed E-state index contributed by atoms with van der Waals surface area (Å²) in [5, 5.41) is 29.6. The highest BCUT2D eigenvalue weighted by Gasteiger charge is 2.54. The van der Waals surface area contributed by atoms with Crippen LogP contribution in [0.2, 0.25) is 0 Å². The van der Waals surface area contributed by atoms with Crippen molar-refractivity contribution >= 4 is 0 Å². The summed E-state index contributed by atoms with van der Waals surface area (Å²) in [5.74, 6) is 0.659. The third-order valence-corrected chi connectivity index (χ3v) is 4.85. The van der Waals surface area contributed by atoms with Gasteiger partial charge in [0.2, 0.25) is 11.8 Å².